The van der Waals surface area contributed by atoms with Crippen LogP contribution in [-0.2, 0) is 4.79 Å². The Hall–Kier alpha value is -0.790. The minimum atomic E-state index is 0.107. The van der Waals surface area contributed by atoms with Crippen LogP contribution in [0.1, 0.15) is 53.4 Å². The highest BCUT2D eigenvalue weighted by Crippen LogP contribution is 2.29. The van der Waals surface area contributed by atoms with Crippen LogP contribution >= 0.6 is 0 Å². The van der Waals surface area contributed by atoms with Gasteiger partial charge in [0.05, 0.1) is 0 Å². The van der Waals surface area contributed by atoms with Gasteiger partial charge in [-0.3, -0.25) is 4.79 Å². The summed E-state index contributed by atoms with van der Waals surface area (Å²) in [5.74, 6) is 1.75. The summed E-state index contributed by atoms with van der Waals surface area (Å²) in [6.45, 7) is 8.38. The molecule has 0 atom stereocenters. The average molecular weight is 223 g/mol. The van der Waals surface area contributed by atoms with Crippen LogP contribution in [0.5, 0.6) is 0 Å². The first-order chi connectivity index (χ1) is 7.54. The number of carbonyl (C=O) groups is 1. The van der Waals surface area contributed by atoms with E-state index in [4.69, 9.17) is 0 Å². The largest absolute Gasteiger partial charge is 0.350 e. The zero-order chi connectivity index (χ0) is 12.1. The van der Waals surface area contributed by atoms with Crippen molar-refractivity contribution >= 4 is 5.91 Å². The highest BCUT2D eigenvalue weighted by Gasteiger charge is 2.24. The summed E-state index contributed by atoms with van der Waals surface area (Å²) in [6.07, 6.45) is 6.68. The molecule has 1 rings (SSSR count). The number of carbonyl (C=O) groups excluding carboxylic acids is 1. The van der Waals surface area contributed by atoms with Gasteiger partial charge in [0.1, 0.15) is 0 Å². The van der Waals surface area contributed by atoms with Gasteiger partial charge in [0.25, 0.3) is 0 Å². The maximum absolute atomic E-state index is 11.7. The number of hydrogen-bond donors (Lipinski definition) is 1. The summed E-state index contributed by atoms with van der Waals surface area (Å²) in [4.78, 5) is 11.7. The number of amides is 1. The van der Waals surface area contributed by atoms with E-state index in [9.17, 15) is 4.79 Å². The van der Waals surface area contributed by atoms with Gasteiger partial charge in [-0.1, -0.05) is 19.9 Å². The molecule has 1 aliphatic rings. The minimum absolute atomic E-state index is 0.107. The zero-order valence-electron chi connectivity index (χ0n) is 11.0. The van der Waals surface area contributed by atoms with Gasteiger partial charge in [-0.05, 0) is 51.4 Å². The molecule has 0 aromatic rings. The molecule has 0 aromatic heterocycles. The van der Waals surface area contributed by atoms with Crippen molar-refractivity contribution in [2.75, 3.05) is 0 Å². The van der Waals surface area contributed by atoms with E-state index < -0.39 is 0 Å². The molecule has 1 fully saturated rings. The van der Waals surface area contributed by atoms with Crippen molar-refractivity contribution < 1.29 is 4.79 Å². The second-order valence-corrected chi connectivity index (χ2v) is 5.30. The van der Waals surface area contributed by atoms with Gasteiger partial charge >= 0.3 is 0 Å². The fraction of sp³-hybridized carbons (Fsp3) is 0.786. The fourth-order valence-corrected chi connectivity index (χ4v) is 2.36. The quantitative estimate of drug-likeness (QED) is 0.731. The van der Waals surface area contributed by atoms with Gasteiger partial charge in [-0.2, -0.15) is 0 Å². The van der Waals surface area contributed by atoms with Gasteiger partial charge in [0, 0.05) is 11.6 Å². The monoisotopic (exact) mass is 223 g/mol. The standard InChI is InChI=1S/C14H25NO/c1-5-11(4)14(16)15-13-8-6-12(7-9-13)10(2)3/h5,10,12-13H,6-9H2,1-4H3,(H,15,16)/b11-5+/t12-,13+. The first kappa shape index (κ1) is 13.3. The minimum Gasteiger partial charge on any atom is -0.350 e. The summed E-state index contributed by atoms with van der Waals surface area (Å²) >= 11 is 0. The lowest BCUT2D eigenvalue weighted by Crippen LogP contribution is -2.38. The van der Waals surface area contributed by atoms with E-state index >= 15 is 0 Å². The molecule has 92 valence electrons. The molecule has 0 bridgehead atoms. The first-order valence-electron chi connectivity index (χ1n) is 6.48. The third kappa shape index (κ3) is 3.66. The Kier molecular flexibility index (Phi) is 5.04. The number of nitrogens with one attached hydrogen (secondary N) is 1. The van der Waals surface area contributed by atoms with Crippen LogP contribution in [0.2, 0.25) is 0 Å². The Bertz CT molecular complexity index is 260. The highest BCUT2D eigenvalue weighted by atomic mass is 16.1. The molecule has 2 heteroatoms. The molecule has 1 aliphatic carbocycles. The van der Waals surface area contributed by atoms with E-state index in [1.54, 1.807) is 0 Å². The van der Waals surface area contributed by atoms with Crippen LogP contribution in [-0.4, -0.2) is 11.9 Å². The molecular weight excluding hydrogens is 198 g/mol. The third-order valence-electron chi connectivity index (χ3n) is 3.84. The van der Waals surface area contributed by atoms with Crippen LogP contribution in [0.4, 0.5) is 0 Å². The average Bonchev–Trinajstić information content (AvgIpc) is 2.28. The maximum atomic E-state index is 11.7. The van der Waals surface area contributed by atoms with Gasteiger partial charge < -0.3 is 5.32 Å². The van der Waals surface area contributed by atoms with Crippen LogP contribution in [0.15, 0.2) is 11.6 Å². The van der Waals surface area contributed by atoms with Crippen molar-refractivity contribution in [3.05, 3.63) is 11.6 Å². The number of rotatable bonds is 3. The summed E-state index contributed by atoms with van der Waals surface area (Å²) in [5.41, 5.74) is 0.825. The van der Waals surface area contributed by atoms with Crippen molar-refractivity contribution in [1.29, 1.82) is 0 Å². The molecule has 0 saturated heterocycles. The maximum Gasteiger partial charge on any atom is 0.246 e. The molecule has 1 N–H and O–H groups in total. The molecule has 0 radical (unpaired) electrons. The van der Waals surface area contributed by atoms with E-state index in [1.807, 2.05) is 19.9 Å². The number of allylic oxidation sites excluding steroid dienone is 1. The lowest BCUT2D eigenvalue weighted by Gasteiger charge is -2.31. The summed E-state index contributed by atoms with van der Waals surface area (Å²) in [5, 5.41) is 3.12. The van der Waals surface area contributed by atoms with Gasteiger partial charge in [-0.25, -0.2) is 0 Å². The Morgan fingerprint density at radius 1 is 1.25 bits per heavy atom. The summed E-state index contributed by atoms with van der Waals surface area (Å²) in [6, 6.07) is 0.400. The first-order valence-corrected chi connectivity index (χ1v) is 6.48. The second kappa shape index (κ2) is 6.07. The second-order valence-electron chi connectivity index (χ2n) is 5.30. The Morgan fingerprint density at radius 3 is 2.25 bits per heavy atom. The van der Waals surface area contributed by atoms with E-state index in [2.05, 4.69) is 19.2 Å². The lowest BCUT2D eigenvalue weighted by atomic mass is 9.79. The highest BCUT2D eigenvalue weighted by molar-refractivity contribution is 5.92. The molecule has 2 nitrogen and oxygen atoms in total. The molecule has 1 saturated carbocycles. The molecule has 0 heterocycles. The van der Waals surface area contributed by atoms with E-state index in [0.29, 0.717) is 6.04 Å². The molecule has 0 aromatic carbocycles. The Morgan fingerprint density at radius 2 is 1.81 bits per heavy atom. The van der Waals surface area contributed by atoms with Gasteiger partial charge in [-0.15, -0.1) is 0 Å². The molecule has 1 amide bonds. The van der Waals surface area contributed by atoms with Crippen molar-refractivity contribution in [1.82, 2.24) is 5.32 Å². The van der Waals surface area contributed by atoms with Crippen molar-refractivity contribution in [3.8, 4) is 0 Å². The predicted octanol–water partition coefficient (Wildman–Crippen LogP) is 3.28. The van der Waals surface area contributed by atoms with E-state index in [1.165, 1.54) is 12.8 Å². The van der Waals surface area contributed by atoms with Crippen LogP contribution in [0, 0.1) is 11.8 Å². The topological polar surface area (TPSA) is 29.1 Å². The SMILES string of the molecule is C/C=C(\C)C(=O)N[C@H]1CC[C@@H](C(C)C)CC1. The summed E-state index contributed by atoms with van der Waals surface area (Å²) < 4.78 is 0. The van der Waals surface area contributed by atoms with Crippen LogP contribution in [0.25, 0.3) is 0 Å². The molecule has 16 heavy (non-hydrogen) atoms. The Balaban J connectivity index is 2.35. The van der Waals surface area contributed by atoms with Gasteiger partial charge in [0.2, 0.25) is 5.91 Å². The smallest absolute Gasteiger partial charge is 0.246 e. The van der Waals surface area contributed by atoms with Gasteiger partial charge in [0.15, 0.2) is 0 Å². The van der Waals surface area contributed by atoms with Crippen LogP contribution < -0.4 is 5.32 Å². The fourth-order valence-electron chi connectivity index (χ4n) is 2.36. The van der Waals surface area contributed by atoms with E-state index in [-0.39, 0.29) is 5.91 Å². The van der Waals surface area contributed by atoms with Crippen molar-refractivity contribution in [2.24, 2.45) is 11.8 Å². The molecular formula is C14H25NO. The Labute approximate surface area is 99.5 Å². The molecule has 0 unspecified atom stereocenters. The lowest BCUT2D eigenvalue weighted by molar-refractivity contribution is -0.118. The number of hydrogen-bond acceptors (Lipinski definition) is 1. The van der Waals surface area contributed by atoms with Crippen molar-refractivity contribution in [3.63, 3.8) is 0 Å². The van der Waals surface area contributed by atoms with Crippen LogP contribution in [0.3, 0.4) is 0 Å². The predicted molar refractivity (Wildman–Crippen MR) is 68.2 cm³/mol. The molecule has 0 aliphatic heterocycles. The summed E-state index contributed by atoms with van der Waals surface area (Å²) in [7, 11) is 0. The molecule has 0 spiro atoms. The normalized spacial score (nSPS) is 26.9. The van der Waals surface area contributed by atoms with Crippen molar-refractivity contribution in [2.45, 2.75) is 59.4 Å². The van der Waals surface area contributed by atoms with E-state index in [0.717, 1.165) is 30.3 Å². The third-order valence-corrected chi connectivity index (χ3v) is 3.84. The zero-order valence-corrected chi connectivity index (χ0v) is 11.0.